The van der Waals surface area contributed by atoms with Gasteiger partial charge in [-0.3, -0.25) is 4.68 Å². The number of hydrogen-bond acceptors (Lipinski definition) is 5. The fourth-order valence-corrected chi connectivity index (χ4v) is 3.96. The van der Waals surface area contributed by atoms with Crippen LogP contribution >= 0.6 is 0 Å². The number of aryl methyl sites for hydroxylation is 4. The third kappa shape index (κ3) is 4.30. The molecule has 0 N–H and O–H groups in total. The molecule has 10 heteroatoms. The molecular weight excluding hydrogens is 472 g/mol. The van der Waals surface area contributed by atoms with Crippen molar-refractivity contribution in [2.45, 2.75) is 26.9 Å². The van der Waals surface area contributed by atoms with E-state index in [2.05, 4.69) is 25.0 Å². The smallest absolute Gasteiger partial charge is 0.275 e. The summed E-state index contributed by atoms with van der Waals surface area (Å²) in [5, 5.41) is 4.22. The van der Waals surface area contributed by atoms with Crippen LogP contribution in [0.15, 0.2) is 48.8 Å². The van der Waals surface area contributed by atoms with Crippen LogP contribution in [0.25, 0.3) is 44.9 Å². The van der Waals surface area contributed by atoms with E-state index in [0.717, 1.165) is 28.8 Å². The number of hydrogen-bond donors (Lipinski definition) is 0. The first-order valence-corrected chi connectivity index (χ1v) is 11.0. The van der Waals surface area contributed by atoms with Gasteiger partial charge in [0.15, 0.2) is 11.5 Å². The minimum Gasteiger partial charge on any atom is -0.275 e. The fourth-order valence-electron chi connectivity index (χ4n) is 3.96. The van der Waals surface area contributed by atoms with Crippen molar-refractivity contribution in [1.29, 1.82) is 0 Å². The van der Waals surface area contributed by atoms with E-state index in [9.17, 15) is 13.2 Å². The Bertz CT molecular complexity index is 1640. The third-order valence-electron chi connectivity index (χ3n) is 5.87. The first-order chi connectivity index (χ1) is 17.0. The summed E-state index contributed by atoms with van der Waals surface area (Å²) in [7, 11) is 1.82. The first kappa shape index (κ1) is 23.5. The predicted molar refractivity (Wildman–Crippen MR) is 127 cm³/mol. The Hall–Kier alpha value is -4.21. The van der Waals surface area contributed by atoms with Crippen molar-refractivity contribution in [1.82, 2.24) is 29.7 Å². The molecule has 0 fully saturated rings. The maximum atomic E-state index is 15.0. The van der Waals surface area contributed by atoms with Crippen LogP contribution in [0.2, 0.25) is 0 Å². The fraction of sp³-hybridized carbons (Fsp3) is 0.192. The van der Waals surface area contributed by atoms with Crippen LogP contribution in [0.4, 0.5) is 17.6 Å². The van der Waals surface area contributed by atoms with Crippen LogP contribution in [-0.2, 0) is 13.2 Å². The second kappa shape index (κ2) is 8.47. The first-order valence-electron chi connectivity index (χ1n) is 11.0. The van der Waals surface area contributed by atoms with E-state index < -0.39 is 17.6 Å². The summed E-state index contributed by atoms with van der Waals surface area (Å²) >= 11 is 0. The molecule has 0 unspecified atom stereocenters. The zero-order chi connectivity index (χ0) is 25.8. The largest absolute Gasteiger partial charge is 0.416 e. The quantitative estimate of drug-likeness (QED) is 0.279. The van der Waals surface area contributed by atoms with Crippen LogP contribution in [0, 0.1) is 26.6 Å². The summed E-state index contributed by atoms with van der Waals surface area (Å²) < 4.78 is 56.1. The van der Waals surface area contributed by atoms with Crippen LogP contribution < -0.4 is 0 Å². The van der Waals surface area contributed by atoms with Gasteiger partial charge in [0.1, 0.15) is 17.0 Å². The van der Waals surface area contributed by atoms with E-state index in [0.29, 0.717) is 23.0 Å². The van der Waals surface area contributed by atoms with Gasteiger partial charge in [0.25, 0.3) is 0 Å². The van der Waals surface area contributed by atoms with Crippen molar-refractivity contribution in [3.05, 3.63) is 77.1 Å². The third-order valence-corrected chi connectivity index (χ3v) is 5.87. The van der Waals surface area contributed by atoms with Gasteiger partial charge in [-0.05, 0) is 62.2 Å². The lowest BCUT2D eigenvalue weighted by Gasteiger charge is -2.13. The number of aromatic nitrogens is 6. The molecule has 2 aromatic carbocycles. The summed E-state index contributed by atoms with van der Waals surface area (Å²) in [6, 6.07) is 8.11. The van der Waals surface area contributed by atoms with Gasteiger partial charge in [-0.25, -0.2) is 24.3 Å². The van der Waals surface area contributed by atoms with E-state index in [1.807, 2.05) is 38.4 Å². The van der Waals surface area contributed by atoms with Crippen molar-refractivity contribution in [2.75, 3.05) is 0 Å². The van der Waals surface area contributed by atoms with Gasteiger partial charge in [0, 0.05) is 29.9 Å². The molecule has 3 heterocycles. The highest BCUT2D eigenvalue weighted by atomic mass is 19.4. The molecule has 6 nitrogen and oxygen atoms in total. The summed E-state index contributed by atoms with van der Waals surface area (Å²) in [4.78, 5) is 18.2. The van der Waals surface area contributed by atoms with Gasteiger partial charge in [0.05, 0.1) is 23.1 Å². The molecule has 3 aromatic heterocycles. The van der Waals surface area contributed by atoms with E-state index in [4.69, 9.17) is 0 Å². The van der Waals surface area contributed by atoms with Crippen molar-refractivity contribution < 1.29 is 17.6 Å². The van der Waals surface area contributed by atoms with Gasteiger partial charge < -0.3 is 0 Å². The van der Waals surface area contributed by atoms with Gasteiger partial charge in [-0.1, -0.05) is 6.07 Å². The topological polar surface area (TPSA) is 69.4 Å². The molecule has 0 bridgehead atoms. The Balaban J connectivity index is 1.75. The van der Waals surface area contributed by atoms with Crippen LogP contribution in [0.1, 0.15) is 22.5 Å². The van der Waals surface area contributed by atoms with Gasteiger partial charge >= 0.3 is 6.18 Å². The lowest BCUT2D eigenvalue weighted by atomic mass is 10.0. The molecule has 0 saturated heterocycles. The molecule has 0 aliphatic carbocycles. The molecule has 182 valence electrons. The van der Waals surface area contributed by atoms with Crippen molar-refractivity contribution in [3.63, 3.8) is 0 Å². The molecule has 0 radical (unpaired) electrons. The highest BCUT2D eigenvalue weighted by molar-refractivity contribution is 5.89. The number of nitrogens with zero attached hydrogens (tertiary/aromatic N) is 6. The SMILES string of the molecule is Cc1cc(-c2cnn(C)c2)cc(-c2nc(-c3ccc(C(F)(F)F)cc3F)c3nc(C)c(C)nc3n2)c1. The molecule has 36 heavy (non-hydrogen) atoms. The Kier molecular flexibility index (Phi) is 5.54. The number of fused-ring (bicyclic) bond motifs is 1. The highest BCUT2D eigenvalue weighted by Crippen LogP contribution is 2.35. The van der Waals surface area contributed by atoms with Gasteiger partial charge in [-0.2, -0.15) is 18.3 Å². The molecule has 5 aromatic rings. The average Bonchev–Trinajstić information content (AvgIpc) is 3.25. The Morgan fingerprint density at radius 1 is 0.806 bits per heavy atom. The maximum Gasteiger partial charge on any atom is 0.416 e. The van der Waals surface area contributed by atoms with Crippen LogP contribution in [0.3, 0.4) is 0 Å². The number of benzene rings is 2. The normalized spacial score (nSPS) is 11.9. The Morgan fingerprint density at radius 3 is 2.19 bits per heavy atom. The van der Waals surface area contributed by atoms with Crippen molar-refractivity contribution in [3.8, 4) is 33.8 Å². The average molecular weight is 492 g/mol. The molecule has 0 spiro atoms. The molecule has 0 amide bonds. The van der Waals surface area contributed by atoms with Crippen molar-refractivity contribution >= 4 is 11.2 Å². The summed E-state index contributed by atoms with van der Waals surface area (Å²) in [6.07, 6.45) is -1.06. The standard InChI is InChI=1S/C26H20F4N6/c1-13-7-16(18-11-31-36(4)12-18)9-17(8-13)24-34-22(23-25(35-24)33-15(3)14(2)32-23)20-6-5-19(10-21(20)27)26(28,29)30/h5-12H,1-4H3. The molecular formula is C26H20F4N6. The van der Waals surface area contributed by atoms with Crippen LogP contribution in [0.5, 0.6) is 0 Å². The number of alkyl halides is 3. The summed E-state index contributed by atoms with van der Waals surface area (Å²) in [5.74, 6) is -0.806. The molecule has 5 rings (SSSR count). The van der Waals surface area contributed by atoms with E-state index >= 15 is 4.39 Å². The van der Waals surface area contributed by atoms with Gasteiger partial charge in [0.2, 0.25) is 0 Å². The van der Waals surface area contributed by atoms with E-state index in [1.54, 1.807) is 24.7 Å². The predicted octanol–water partition coefficient (Wildman–Crippen LogP) is 6.24. The molecule has 0 atom stereocenters. The summed E-state index contributed by atoms with van der Waals surface area (Å²) in [5.41, 5.74) is 3.87. The second-order valence-electron chi connectivity index (χ2n) is 8.65. The highest BCUT2D eigenvalue weighted by Gasteiger charge is 2.31. The Morgan fingerprint density at radius 2 is 1.53 bits per heavy atom. The van der Waals surface area contributed by atoms with Gasteiger partial charge in [-0.15, -0.1) is 0 Å². The monoisotopic (exact) mass is 492 g/mol. The lowest BCUT2D eigenvalue weighted by molar-refractivity contribution is -0.137. The number of halogens is 4. The zero-order valence-corrected chi connectivity index (χ0v) is 19.8. The summed E-state index contributed by atoms with van der Waals surface area (Å²) in [6.45, 7) is 5.44. The zero-order valence-electron chi connectivity index (χ0n) is 19.8. The van der Waals surface area contributed by atoms with E-state index in [-0.39, 0.29) is 28.2 Å². The minimum atomic E-state index is -4.67. The lowest BCUT2D eigenvalue weighted by Crippen LogP contribution is -2.07. The second-order valence-corrected chi connectivity index (χ2v) is 8.65. The molecule has 0 aliphatic heterocycles. The molecule has 0 saturated carbocycles. The van der Waals surface area contributed by atoms with Crippen molar-refractivity contribution in [2.24, 2.45) is 7.05 Å². The van der Waals surface area contributed by atoms with Crippen LogP contribution in [-0.4, -0.2) is 29.7 Å². The Labute approximate surface area is 203 Å². The van der Waals surface area contributed by atoms with E-state index in [1.165, 1.54) is 0 Å². The minimum absolute atomic E-state index is 0.0706. The maximum absolute atomic E-state index is 15.0. The number of rotatable bonds is 3. The molecule has 0 aliphatic rings.